The summed E-state index contributed by atoms with van der Waals surface area (Å²) in [6, 6.07) is 6.33. The average Bonchev–Trinajstić information content (AvgIpc) is 2.16. The van der Waals surface area contributed by atoms with Crippen molar-refractivity contribution in [1.29, 1.82) is 0 Å². The fraction of sp³-hybridized carbons (Fsp3) is 0.417. The molecule has 0 radical (unpaired) electrons. The maximum Gasteiger partial charge on any atom is 0.239 e. The Bertz CT molecular complexity index is 372. The number of benzene rings is 1. The van der Waals surface area contributed by atoms with E-state index in [9.17, 15) is 9.18 Å². The van der Waals surface area contributed by atoms with Crippen molar-refractivity contribution < 1.29 is 9.18 Å². The first-order chi connectivity index (χ1) is 7.39. The van der Waals surface area contributed by atoms with Crippen LogP contribution in [0.4, 0.5) is 4.39 Å². The zero-order valence-electron chi connectivity index (χ0n) is 9.59. The smallest absolute Gasteiger partial charge is 0.239 e. The molecule has 0 fully saturated rings. The van der Waals surface area contributed by atoms with E-state index in [0.29, 0.717) is 13.0 Å². The fourth-order valence-electron chi connectivity index (χ4n) is 1.24. The lowest BCUT2D eigenvalue weighted by atomic mass is 10.1. The molecule has 0 saturated heterocycles. The molecule has 0 bridgehead atoms. The predicted octanol–water partition coefficient (Wildman–Crippen LogP) is 1.22. The topological polar surface area (TPSA) is 55.1 Å². The summed E-state index contributed by atoms with van der Waals surface area (Å²) in [5, 5.41) is 2.70. The maximum absolute atomic E-state index is 12.8. The minimum absolute atomic E-state index is 0.205. The fourth-order valence-corrected chi connectivity index (χ4v) is 1.24. The molecule has 16 heavy (non-hydrogen) atoms. The number of carbonyl (C=O) groups is 1. The van der Waals surface area contributed by atoms with Crippen LogP contribution in [0, 0.1) is 5.82 Å². The zero-order valence-corrected chi connectivity index (χ0v) is 9.59. The van der Waals surface area contributed by atoms with Gasteiger partial charge in [0.2, 0.25) is 5.91 Å². The standard InChI is InChI=1S/C12H17FN2O/c1-12(2,14)11(16)15-7-6-9-4-3-5-10(13)8-9/h3-5,8H,6-7,14H2,1-2H3,(H,15,16). The molecule has 0 aliphatic heterocycles. The summed E-state index contributed by atoms with van der Waals surface area (Å²) in [5.41, 5.74) is 5.59. The van der Waals surface area contributed by atoms with Gasteiger partial charge in [0.1, 0.15) is 5.82 Å². The molecule has 0 saturated carbocycles. The van der Waals surface area contributed by atoms with Crippen molar-refractivity contribution in [2.75, 3.05) is 6.54 Å². The van der Waals surface area contributed by atoms with Crippen LogP contribution in [-0.2, 0) is 11.2 Å². The van der Waals surface area contributed by atoms with E-state index < -0.39 is 5.54 Å². The molecular weight excluding hydrogens is 207 g/mol. The predicted molar refractivity (Wildman–Crippen MR) is 61.4 cm³/mol. The second-order valence-corrected chi connectivity index (χ2v) is 4.36. The highest BCUT2D eigenvalue weighted by Gasteiger charge is 2.20. The number of halogens is 1. The molecule has 0 unspecified atom stereocenters. The van der Waals surface area contributed by atoms with Crippen LogP contribution in [0.15, 0.2) is 24.3 Å². The zero-order chi connectivity index (χ0) is 12.2. The molecule has 1 aromatic carbocycles. The van der Waals surface area contributed by atoms with Crippen LogP contribution in [0.25, 0.3) is 0 Å². The van der Waals surface area contributed by atoms with Crippen LogP contribution < -0.4 is 11.1 Å². The molecular formula is C12H17FN2O. The van der Waals surface area contributed by atoms with Crippen LogP contribution in [0.1, 0.15) is 19.4 Å². The first-order valence-electron chi connectivity index (χ1n) is 5.21. The van der Waals surface area contributed by atoms with Crippen molar-refractivity contribution in [2.24, 2.45) is 5.73 Å². The molecule has 4 heteroatoms. The van der Waals surface area contributed by atoms with Crippen molar-refractivity contribution in [3.8, 4) is 0 Å². The molecule has 0 spiro atoms. The summed E-state index contributed by atoms with van der Waals surface area (Å²) in [4.78, 5) is 11.4. The maximum atomic E-state index is 12.8. The quantitative estimate of drug-likeness (QED) is 0.808. The molecule has 0 heterocycles. The SMILES string of the molecule is CC(C)(N)C(=O)NCCc1cccc(F)c1. The van der Waals surface area contributed by atoms with Gasteiger partial charge in [-0.3, -0.25) is 4.79 Å². The summed E-state index contributed by atoms with van der Waals surface area (Å²) in [6.07, 6.45) is 0.597. The molecule has 0 aliphatic rings. The Labute approximate surface area is 94.8 Å². The number of amides is 1. The van der Waals surface area contributed by atoms with Crippen LogP contribution in [0.2, 0.25) is 0 Å². The molecule has 1 aromatic rings. The molecule has 1 amide bonds. The molecule has 0 aliphatic carbocycles. The van der Waals surface area contributed by atoms with Crippen molar-refractivity contribution in [2.45, 2.75) is 25.8 Å². The van der Waals surface area contributed by atoms with Crippen LogP contribution in [-0.4, -0.2) is 18.0 Å². The van der Waals surface area contributed by atoms with Crippen molar-refractivity contribution in [3.05, 3.63) is 35.6 Å². The number of nitrogens with two attached hydrogens (primary N) is 1. The Balaban J connectivity index is 2.39. The second kappa shape index (κ2) is 5.07. The number of rotatable bonds is 4. The highest BCUT2D eigenvalue weighted by Crippen LogP contribution is 2.03. The molecule has 1 rings (SSSR count). The summed E-state index contributed by atoms with van der Waals surface area (Å²) in [7, 11) is 0. The van der Waals surface area contributed by atoms with Crippen molar-refractivity contribution in [3.63, 3.8) is 0 Å². The Hall–Kier alpha value is -1.42. The van der Waals surface area contributed by atoms with E-state index >= 15 is 0 Å². The third kappa shape index (κ3) is 3.98. The molecule has 0 atom stereocenters. The monoisotopic (exact) mass is 224 g/mol. The lowest BCUT2D eigenvalue weighted by Gasteiger charge is -2.17. The van der Waals surface area contributed by atoms with Gasteiger partial charge in [0.05, 0.1) is 5.54 Å². The van der Waals surface area contributed by atoms with E-state index in [2.05, 4.69) is 5.32 Å². The normalized spacial score (nSPS) is 11.2. The number of hydrogen-bond acceptors (Lipinski definition) is 2. The van der Waals surface area contributed by atoms with Gasteiger partial charge in [0.15, 0.2) is 0 Å². The Morgan fingerprint density at radius 3 is 2.75 bits per heavy atom. The van der Waals surface area contributed by atoms with Gasteiger partial charge < -0.3 is 11.1 Å². The van der Waals surface area contributed by atoms with E-state index in [1.54, 1.807) is 19.9 Å². The highest BCUT2D eigenvalue weighted by atomic mass is 19.1. The van der Waals surface area contributed by atoms with E-state index in [1.165, 1.54) is 12.1 Å². The van der Waals surface area contributed by atoms with Gasteiger partial charge in [0.25, 0.3) is 0 Å². The third-order valence-corrected chi connectivity index (χ3v) is 2.17. The van der Waals surface area contributed by atoms with Crippen LogP contribution in [0.5, 0.6) is 0 Å². The first kappa shape index (κ1) is 12.6. The first-order valence-corrected chi connectivity index (χ1v) is 5.21. The van der Waals surface area contributed by atoms with E-state index in [4.69, 9.17) is 5.73 Å². The summed E-state index contributed by atoms with van der Waals surface area (Å²) in [6.45, 7) is 3.75. The average molecular weight is 224 g/mol. The van der Waals surface area contributed by atoms with Crippen molar-refractivity contribution >= 4 is 5.91 Å². The van der Waals surface area contributed by atoms with Gasteiger partial charge in [-0.2, -0.15) is 0 Å². The van der Waals surface area contributed by atoms with Crippen molar-refractivity contribution in [1.82, 2.24) is 5.32 Å². The molecule has 3 N–H and O–H groups in total. The Morgan fingerprint density at radius 1 is 1.50 bits per heavy atom. The minimum Gasteiger partial charge on any atom is -0.354 e. The Kier molecular flexibility index (Phi) is 4.01. The lowest BCUT2D eigenvalue weighted by molar-refractivity contribution is -0.125. The molecule has 0 aromatic heterocycles. The lowest BCUT2D eigenvalue weighted by Crippen LogP contribution is -2.49. The second-order valence-electron chi connectivity index (χ2n) is 4.36. The van der Waals surface area contributed by atoms with Crippen LogP contribution >= 0.6 is 0 Å². The summed E-state index contributed by atoms with van der Waals surface area (Å²) >= 11 is 0. The molecule has 3 nitrogen and oxygen atoms in total. The third-order valence-electron chi connectivity index (χ3n) is 2.17. The highest BCUT2D eigenvalue weighted by molar-refractivity contribution is 5.84. The van der Waals surface area contributed by atoms with E-state index in [-0.39, 0.29) is 11.7 Å². The molecule has 88 valence electrons. The Morgan fingerprint density at radius 2 is 2.19 bits per heavy atom. The number of nitrogens with one attached hydrogen (secondary N) is 1. The number of carbonyl (C=O) groups excluding carboxylic acids is 1. The summed E-state index contributed by atoms with van der Waals surface area (Å²) in [5.74, 6) is -0.466. The minimum atomic E-state index is -0.873. The van der Waals surface area contributed by atoms with Gasteiger partial charge in [0, 0.05) is 6.54 Å². The van der Waals surface area contributed by atoms with Crippen LogP contribution in [0.3, 0.4) is 0 Å². The number of hydrogen-bond donors (Lipinski definition) is 2. The van der Waals surface area contributed by atoms with Gasteiger partial charge >= 0.3 is 0 Å². The van der Waals surface area contributed by atoms with Gasteiger partial charge in [-0.15, -0.1) is 0 Å². The summed E-state index contributed by atoms with van der Waals surface area (Å²) < 4.78 is 12.8. The van der Waals surface area contributed by atoms with Gasteiger partial charge in [-0.05, 0) is 38.0 Å². The largest absolute Gasteiger partial charge is 0.354 e. The van der Waals surface area contributed by atoms with E-state index in [1.807, 2.05) is 6.07 Å². The van der Waals surface area contributed by atoms with Gasteiger partial charge in [-0.1, -0.05) is 12.1 Å². The van der Waals surface area contributed by atoms with E-state index in [0.717, 1.165) is 5.56 Å². The van der Waals surface area contributed by atoms with Gasteiger partial charge in [-0.25, -0.2) is 4.39 Å².